The largest absolute Gasteiger partial charge is 0.417 e. The molecule has 1 fully saturated rings. The standard InChI is InChI=1S/C21H24F3N5O3S/c1-3-12(2)17(30)25-16(21(22,23)24)20(32)29-11-7-10-14(29)18(31)26-19-15(27-28-33-19)13-8-5-4-6-9-13/h4-6,8-9,12,14,16H,3,7,10-11H2,1-2H3,(H,25,30)(H,26,31)/t12-,14+,16+/m1/s1. The van der Waals surface area contributed by atoms with Crippen molar-refractivity contribution in [3.05, 3.63) is 30.3 Å². The lowest BCUT2D eigenvalue weighted by atomic mass is 10.1. The van der Waals surface area contributed by atoms with Gasteiger partial charge in [-0.2, -0.15) is 13.2 Å². The van der Waals surface area contributed by atoms with Crippen molar-refractivity contribution in [2.75, 3.05) is 11.9 Å². The summed E-state index contributed by atoms with van der Waals surface area (Å²) in [5.41, 5.74) is 1.14. The summed E-state index contributed by atoms with van der Waals surface area (Å²) in [5, 5.41) is 8.82. The minimum Gasteiger partial charge on any atom is -0.337 e. The number of nitrogens with one attached hydrogen (secondary N) is 2. The number of rotatable bonds is 7. The molecule has 0 spiro atoms. The molecule has 33 heavy (non-hydrogen) atoms. The maximum atomic E-state index is 13.6. The monoisotopic (exact) mass is 483 g/mol. The maximum absolute atomic E-state index is 13.6. The van der Waals surface area contributed by atoms with Gasteiger partial charge in [-0.1, -0.05) is 48.7 Å². The fraction of sp³-hybridized carbons (Fsp3) is 0.476. The molecule has 1 aromatic heterocycles. The Labute approximate surface area is 192 Å². The van der Waals surface area contributed by atoms with Gasteiger partial charge in [0.25, 0.3) is 5.91 Å². The zero-order valence-corrected chi connectivity index (χ0v) is 18.9. The van der Waals surface area contributed by atoms with E-state index in [2.05, 4.69) is 14.9 Å². The molecule has 0 radical (unpaired) electrons. The highest BCUT2D eigenvalue weighted by atomic mass is 32.1. The highest BCUT2D eigenvalue weighted by Gasteiger charge is 2.50. The molecule has 0 aliphatic carbocycles. The Bertz CT molecular complexity index is 999. The minimum absolute atomic E-state index is 0.0187. The van der Waals surface area contributed by atoms with Crippen LogP contribution in [0.3, 0.4) is 0 Å². The lowest BCUT2D eigenvalue weighted by Crippen LogP contribution is -2.58. The van der Waals surface area contributed by atoms with E-state index in [-0.39, 0.29) is 13.0 Å². The number of halogens is 3. The Hall–Kier alpha value is -3.02. The molecule has 3 atom stereocenters. The van der Waals surface area contributed by atoms with Gasteiger partial charge < -0.3 is 15.5 Å². The van der Waals surface area contributed by atoms with Crippen molar-refractivity contribution in [2.24, 2.45) is 5.92 Å². The van der Waals surface area contributed by atoms with E-state index in [0.717, 1.165) is 16.4 Å². The third kappa shape index (κ3) is 5.67. The third-order valence-electron chi connectivity index (χ3n) is 5.53. The van der Waals surface area contributed by atoms with E-state index in [1.165, 1.54) is 6.92 Å². The van der Waals surface area contributed by atoms with E-state index in [0.29, 0.717) is 29.1 Å². The number of hydrogen-bond acceptors (Lipinski definition) is 6. The summed E-state index contributed by atoms with van der Waals surface area (Å²) in [6, 6.07) is 5.16. The lowest BCUT2D eigenvalue weighted by molar-refractivity contribution is -0.179. The number of alkyl halides is 3. The van der Waals surface area contributed by atoms with Gasteiger partial charge in [0, 0.05) is 29.6 Å². The molecule has 0 bridgehead atoms. The summed E-state index contributed by atoms with van der Waals surface area (Å²) >= 11 is 0.932. The van der Waals surface area contributed by atoms with Gasteiger partial charge in [-0.15, -0.1) is 5.10 Å². The number of aromatic nitrogens is 2. The number of carbonyl (C=O) groups is 3. The van der Waals surface area contributed by atoms with Gasteiger partial charge in [0.2, 0.25) is 17.9 Å². The zero-order chi connectivity index (χ0) is 24.2. The van der Waals surface area contributed by atoms with Crippen LogP contribution in [0.25, 0.3) is 11.3 Å². The summed E-state index contributed by atoms with van der Waals surface area (Å²) in [5.74, 6) is -3.52. The van der Waals surface area contributed by atoms with Crippen molar-refractivity contribution in [3.63, 3.8) is 0 Å². The van der Waals surface area contributed by atoms with Gasteiger partial charge in [0.1, 0.15) is 16.7 Å². The molecular formula is C21H24F3N5O3S. The van der Waals surface area contributed by atoms with Crippen LogP contribution in [0.1, 0.15) is 33.1 Å². The summed E-state index contributed by atoms with van der Waals surface area (Å²) in [6.07, 6.45) is -4.10. The van der Waals surface area contributed by atoms with Crippen molar-refractivity contribution in [1.82, 2.24) is 19.8 Å². The molecule has 12 heteroatoms. The summed E-state index contributed by atoms with van der Waals surface area (Å²) < 4.78 is 44.8. The molecule has 2 aromatic rings. The second-order valence-electron chi connectivity index (χ2n) is 7.79. The molecule has 1 aromatic carbocycles. The van der Waals surface area contributed by atoms with E-state index in [1.807, 2.05) is 11.4 Å². The van der Waals surface area contributed by atoms with Crippen LogP contribution in [0.15, 0.2) is 30.3 Å². The summed E-state index contributed by atoms with van der Waals surface area (Å²) in [4.78, 5) is 38.7. The average Bonchev–Trinajstić information content (AvgIpc) is 3.45. The Morgan fingerprint density at radius 2 is 1.94 bits per heavy atom. The number of likely N-dealkylation sites (tertiary alicyclic amines) is 1. The molecule has 2 N–H and O–H groups in total. The number of benzene rings is 1. The molecule has 2 heterocycles. The van der Waals surface area contributed by atoms with Crippen LogP contribution >= 0.6 is 11.5 Å². The predicted octanol–water partition coefficient (Wildman–Crippen LogP) is 3.23. The van der Waals surface area contributed by atoms with E-state index < -0.39 is 41.9 Å². The van der Waals surface area contributed by atoms with Gasteiger partial charge in [0.15, 0.2) is 0 Å². The number of anilines is 1. The van der Waals surface area contributed by atoms with E-state index in [1.54, 1.807) is 31.2 Å². The highest BCUT2D eigenvalue weighted by molar-refractivity contribution is 7.10. The number of hydrogen-bond donors (Lipinski definition) is 2. The molecule has 178 valence electrons. The number of amides is 3. The SMILES string of the molecule is CC[C@@H](C)C(=O)N[C@@H](C(=O)N1CCC[C@H]1C(=O)Nc1snnc1-c1ccccc1)C(F)(F)F. The molecule has 3 rings (SSSR count). The van der Waals surface area contributed by atoms with Crippen molar-refractivity contribution >= 4 is 34.3 Å². The van der Waals surface area contributed by atoms with Crippen LogP contribution in [0.5, 0.6) is 0 Å². The Morgan fingerprint density at radius 3 is 2.58 bits per heavy atom. The van der Waals surface area contributed by atoms with Crippen molar-refractivity contribution in [3.8, 4) is 11.3 Å². The van der Waals surface area contributed by atoms with Gasteiger partial charge in [-0.25, -0.2) is 0 Å². The topological polar surface area (TPSA) is 104 Å². The van der Waals surface area contributed by atoms with E-state index in [4.69, 9.17) is 0 Å². The Balaban J connectivity index is 1.77. The smallest absolute Gasteiger partial charge is 0.337 e. The number of carbonyl (C=O) groups excluding carboxylic acids is 3. The number of nitrogens with zero attached hydrogens (tertiary/aromatic N) is 3. The minimum atomic E-state index is -4.99. The fourth-order valence-electron chi connectivity index (χ4n) is 3.48. The van der Waals surface area contributed by atoms with Crippen LogP contribution in [-0.4, -0.2) is 57.0 Å². The van der Waals surface area contributed by atoms with Crippen LogP contribution in [0.4, 0.5) is 18.2 Å². The van der Waals surface area contributed by atoms with Crippen LogP contribution in [0, 0.1) is 5.92 Å². The lowest BCUT2D eigenvalue weighted by Gasteiger charge is -2.30. The highest BCUT2D eigenvalue weighted by Crippen LogP contribution is 2.31. The van der Waals surface area contributed by atoms with Crippen LogP contribution in [-0.2, 0) is 14.4 Å². The third-order valence-corrected chi connectivity index (χ3v) is 6.17. The summed E-state index contributed by atoms with van der Waals surface area (Å²) in [6.45, 7) is 3.12. The normalized spacial score (nSPS) is 18.0. The molecular weight excluding hydrogens is 459 g/mol. The quantitative estimate of drug-likeness (QED) is 0.629. The van der Waals surface area contributed by atoms with Gasteiger partial charge in [-0.3, -0.25) is 14.4 Å². The predicted molar refractivity (Wildman–Crippen MR) is 116 cm³/mol. The summed E-state index contributed by atoms with van der Waals surface area (Å²) in [7, 11) is 0. The van der Waals surface area contributed by atoms with Gasteiger partial charge in [-0.05, 0) is 19.3 Å². The molecule has 0 saturated carbocycles. The molecule has 3 amide bonds. The second-order valence-corrected chi connectivity index (χ2v) is 8.54. The van der Waals surface area contributed by atoms with Crippen LogP contribution in [0.2, 0.25) is 0 Å². The molecule has 0 unspecified atom stereocenters. The average molecular weight is 484 g/mol. The first-order valence-corrected chi connectivity index (χ1v) is 11.3. The first kappa shape index (κ1) is 24.6. The van der Waals surface area contributed by atoms with Gasteiger partial charge >= 0.3 is 6.18 Å². The van der Waals surface area contributed by atoms with E-state index in [9.17, 15) is 27.6 Å². The maximum Gasteiger partial charge on any atom is 0.417 e. The molecule has 8 nitrogen and oxygen atoms in total. The van der Waals surface area contributed by atoms with Crippen LogP contribution < -0.4 is 10.6 Å². The van der Waals surface area contributed by atoms with Crippen molar-refractivity contribution < 1.29 is 27.6 Å². The van der Waals surface area contributed by atoms with Crippen molar-refractivity contribution in [2.45, 2.75) is 51.4 Å². The molecule has 1 aliphatic rings. The Morgan fingerprint density at radius 1 is 1.24 bits per heavy atom. The first-order valence-electron chi connectivity index (χ1n) is 10.5. The second kappa shape index (κ2) is 10.3. The zero-order valence-electron chi connectivity index (χ0n) is 18.1. The first-order chi connectivity index (χ1) is 15.6. The fourth-order valence-corrected chi connectivity index (χ4v) is 4.07. The molecule has 1 saturated heterocycles. The van der Waals surface area contributed by atoms with Gasteiger partial charge in [0.05, 0.1) is 0 Å². The molecule has 1 aliphatic heterocycles. The van der Waals surface area contributed by atoms with E-state index >= 15 is 0 Å². The van der Waals surface area contributed by atoms with Crippen molar-refractivity contribution in [1.29, 1.82) is 0 Å². The Kier molecular flexibility index (Phi) is 7.67.